The minimum atomic E-state index is 0.315. The molecule has 0 saturated heterocycles. The van der Waals surface area contributed by atoms with E-state index in [1.54, 1.807) is 6.07 Å². The number of phenols is 1. The molecule has 0 saturated carbocycles. The lowest BCUT2D eigenvalue weighted by Gasteiger charge is -2.11. The number of nitrogens with zero attached hydrogens (tertiary/aromatic N) is 1. The van der Waals surface area contributed by atoms with Crippen LogP contribution in [0, 0.1) is 13.8 Å². The lowest BCUT2D eigenvalue weighted by Crippen LogP contribution is -2.02. The third kappa shape index (κ3) is 2.09. The number of aryl methyl sites for hydroxylation is 2. The number of H-pyrrole nitrogens is 1. The van der Waals surface area contributed by atoms with Gasteiger partial charge in [-0.25, -0.2) is 0 Å². The van der Waals surface area contributed by atoms with Gasteiger partial charge in [-0.05, 0) is 30.7 Å². The quantitative estimate of drug-likeness (QED) is 0.680. The minimum absolute atomic E-state index is 0.315. The van der Waals surface area contributed by atoms with Crippen LogP contribution in [0.25, 0.3) is 10.8 Å². The fourth-order valence-electron chi connectivity index (χ4n) is 2.50. The number of anilines is 1. The van der Waals surface area contributed by atoms with E-state index in [-0.39, 0.29) is 0 Å². The summed E-state index contributed by atoms with van der Waals surface area (Å²) in [7, 11) is 0. The summed E-state index contributed by atoms with van der Waals surface area (Å²) in [6, 6.07) is 11.7. The molecule has 0 aliphatic carbocycles. The zero-order valence-corrected chi connectivity index (χ0v) is 11.6. The zero-order chi connectivity index (χ0) is 14.1. The molecule has 0 aliphatic rings. The number of hydrogen-bond donors (Lipinski definition) is 3. The first-order valence-corrected chi connectivity index (χ1v) is 6.62. The van der Waals surface area contributed by atoms with E-state index in [9.17, 15) is 5.11 Å². The monoisotopic (exact) mass is 267 g/mol. The highest BCUT2D eigenvalue weighted by atomic mass is 16.3. The molecule has 0 atom stereocenters. The first kappa shape index (κ1) is 12.5. The van der Waals surface area contributed by atoms with Crippen molar-refractivity contribution in [3.05, 3.63) is 53.3 Å². The third-order valence-electron chi connectivity index (χ3n) is 3.59. The highest BCUT2D eigenvalue weighted by Crippen LogP contribution is 2.28. The maximum Gasteiger partial charge on any atom is 0.121 e. The van der Waals surface area contributed by atoms with Crippen LogP contribution >= 0.6 is 0 Å². The lowest BCUT2D eigenvalue weighted by molar-refractivity contribution is 0.470. The van der Waals surface area contributed by atoms with Crippen molar-refractivity contribution in [2.24, 2.45) is 0 Å². The first-order valence-electron chi connectivity index (χ1n) is 6.62. The van der Waals surface area contributed by atoms with Gasteiger partial charge in [-0.2, -0.15) is 5.10 Å². The van der Waals surface area contributed by atoms with Crippen LogP contribution in [0.3, 0.4) is 0 Å². The molecule has 1 heterocycles. The molecule has 0 unspecified atom stereocenters. The van der Waals surface area contributed by atoms with Gasteiger partial charge in [0.25, 0.3) is 0 Å². The first-order chi connectivity index (χ1) is 9.66. The molecule has 1 aromatic heterocycles. The standard InChI is InChI=1S/C16H17N3O/c1-10-16(11(2)19-18-10)17-9-14-13-6-4-3-5-12(13)7-8-15(14)20/h3-8,17,20H,9H2,1-2H3,(H,18,19). The van der Waals surface area contributed by atoms with Crippen LogP contribution in [0.2, 0.25) is 0 Å². The van der Waals surface area contributed by atoms with Crippen molar-refractivity contribution in [2.45, 2.75) is 20.4 Å². The normalized spacial score (nSPS) is 10.9. The van der Waals surface area contributed by atoms with E-state index >= 15 is 0 Å². The van der Waals surface area contributed by atoms with Gasteiger partial charge in [-0.1, -0.05) is 30.3 Å². The molecule has 3 aromatic rings. The maximum absolute atomic E-state index is 10.1. The van der Waals surface area contributed by atoms with E-state index in [4.69, 9.17) is 0 Å². The average Bonchev–Trinajstić information content (AvgIpc) is 2.77. The molecule has 3 N–H and O–H groups in total. The minimum Gasteiger partial charge on any atom is -0.508 e. The van der Waals surface area contributed by atoms with Gasteiger partial charge in [0.15, 0.2) is 0 Å². The molecule has 2 aromatic carbocycles. The number of nitrogens with one attached hydrogen (secondary N) is 2. The van der Waals surface area contributed by atoms with Crippen molar-refractivity contribution in [3.63, 3.8) is 0 Å². The molecule has 0 amide bonds. The lowest BCUT2D eigenvalue weighted by atomic mass is 10.0. The smallest absolute Gasteiger partial charge is 0.121 e. The van der Waals surface area contributed by atoms with Crippen molar-refractivity contribution >= 4 is 16.5 Å². The summed E-state index contributed by atoms with van der Waals surface area (Å²) >= 11 is 0. The Morgan fingerprint density at radius 3 is 2.70 bits per heavy atom. The van der Waals surface area contributed by atoms with Crippen LogP contribution in [0.5, 0.6) is 5.75 Å². The summed E-state index contributed by atoms with van der Waals surface area (Å²) in [4.78, 5) is 0. The molecular weight excluding hydrogens is 250 g/mol. The summed E-state index contributed by atoms with van der Waals surface area (Å²) in [5, 5.41) is 22.8. The second-order valence-corrected chi connectivity index (χ2v) is 4.95. The fourth-order valence-corrected chi connectivity index (χ4v) is 2.50. The van der Waals surface area contributed by atoms with Crippen LogP contribution in [0.1, 0.15) is 17.0 Å². The molecule has 20 heavy (non-hydrogen) atoms. The van der Waals surface area contributed by atoms with Gasteiger partial charge in [0.2, 0.25) is 0 Å². The topological polar surface area (TPSA) is 60.9 Å². The van der Waals surface area contributed by atoms with Crippen LogP contribution in [0.4, 0.5) is 5.69 Å². The van der Waals surface area contributed by atoms with Crippen molar-refractivity contribution < 1.29 is 5.11 Å². The van der Waals surface area contributed by atoms with E-state index in [1.807, 2.05) is 44.2 Å². The second kappa shape index (κ2) is 4.89. The maximum atomic E-state index is 10.1. The van der Waals surface area contributed by atoms with Crippen molar-refractivity contribution in [1.29, 1.82) is 0 Å². The number of phenolic OH excluding ortho intramolecular Hbond substituents is 1. The summed E-state index contributed by atoms with van der Waals surface area (Å²) in [5.41, 5.74) is 3.84. The predicted molar refractivity (Wildman–Crippen MR) is 81.0 cm³/mol. The largest absolute Gasteiger partial charge is 0.508 e. The summed E-state index contributed by atoms with van der Waals surface area (Å²) in [6.07, 6.45) is 0. The number of aromatic hydroxyl groups is 1. The molecule has 0 bridgehead atoms. The van der Waals surface area contributed by atoms with E-state index < -0.39 is 0 Å². The van der Waals surface area contributed by atoms with Gasteiger partial charge in [-0.3, -0.25) is 5.10 Å². The Kier molecular flexibility index (Phi) is 3.06. The average molecular weight is 267 g/mol. The number of rotatable bonds is 3. The zero-order valence-electron chi connectivity index (χ0n) is 11.6. The van der Waals surface area contributed by atoms with Gasteiger partial charge in [0.1, 0.15) is 5.75 Å². The fraction of sp³-hybridized carbons (Fsp3) is 0.188. The Morgan fingerprint density at radius 1 is 1.15 bits per heavy atom. The van der Waals surface area contributed by atoms with Crippen LogP contribution in [-0.4, -0.2) is 15.3 Å². The highest BCUT2D eigenvalue weighted by Gasteiger charge is 2.09. The van der Waals surface area contributed by atoms with Crippen LogP contribution in [-0.2, 0) is 6.54 Å². The van der Waals surface area contributed by atoms with E-state index in [1.165, 1.54) is 0 Å². The van der Waals surface area contributed by atoms with Gasteiger partial charge in [0, 0.05) is 12.1 Å². The molecule has 0 fully saturated rings. The van der Waals surface area contributed by atoms with Crippen molar-refractivity contribution in [1.82, 2.24) is 10.2 Å². The summed E-state index contributed by atoms with van der Waals surface area (Å²) in [6.45, 7) is 4.49. The summed E-state index contributed by atoms with van der Waals surface area (Å²) in [5.74, 6) is 0.315. The number of benzene rings is 2. The van der Waals surface area contributed by atoms with E-state index in [0.29, 0.717) is 12.3 Å². The van der Waals surface area contributed by atoms with Gasteiger partial charge in [-0.15, -0.1) is 0 Å². The van der Waals surface area contributed by atoms with Gasteiger partial charge >= 0.3 is 0 Å². The Morgan fingerprint density at radius 2 is 1.95 bits per heavy atom. The molecule has 0 aliphatic heterocycles. The molecule has 102 valence electrons. The van der Waals surface area contributed by atoms with Crippen LogP contribution < -0.4 is 5.32 Å². The van der Waals surface area contributed by atoms with E-state index in [2.05, 4.69) is 15.5 Å². The van der Waals surface area contributed by atoms with Crippen LogP contribution in [0.15, 0.2) is 36.4 Å². The van der Waals surface area contributed by atoms with Crippen molar-refractivity contribution in [3.8, 4) is 5.75 Å². The Bertz CT molecular complexity index is 742. The molecule has 3 rings (SSSR count). The highest BCUT2D eigenvalue weighted by molar-refractivity contribution is 5.87. The Balaban J connectivity index is 1.97. The molecule has 4 heteroatoms. The molecule has 0 radical (unpaired) electrons. The van der Waals surface area contributed by atoms with Crippen molar-refractivity contribution in [2.75, 3.05) is 5.32 Å². The Hall–Kier alpha value is -2.49. The Labute approximate surface area is 117 Å². The predicted octanol–water partition coefficient (Wildman–Crippen LogP) is 3.50. The number of fused-ring (bicyclic) bond motifs is 1. The van der Waals surface area contributed by atoms with E-state index in [0.717, 1.165) is 33.4 Å². The van der Waals surface area contributed by atoms with Gasteiger partial charge in [0.05, 0.1) is 17.1 Å². The molecule has 0 spiro atoms. The molecule has 4 nitrogen and oxygen atoms in total. The third-order valence-corrected chi connectivity index (χ3v) is 3.59. The van der Waals surface area contributed by atoms with Gasteiger partial charge < -0.3 is 10.4 Å². The number of hydrogen-bond acceptors (Lipinski definition) is 3. The summed E-state index contributed by atoms with van der Waals surface area (Å²) < 4.78 is 0. The second-order valence-electron chi connectivity index (χ2n) is 4.95. The molecular formula is C16H17N3O. The SMILES string of the molecule is Cc1n[nH]c(C)c1NCc1c(O)ccc2ccccc12. The number of aromatic nitrogens is 2. The number of aromatic amines is 1.